The first-order valence-corrected chi connectivity index (χ1v) is 6.01. The molecule has 1 heterocycles. The van der Waals surface area contributed by atoms with E-state index in [0.29, 0.717) is 6.42 Å². The molecule has 0 saturated heterocycles. The van der Waals surface area contributed by atoms with Crippen molar-refractivity contribution in [1.82, 2.24) is 5.32 Å². The zero-order chi connectivity index (χ0) is 10.9. The summed E-state index contributed by atoms with van der Waals surface area (Å²) >= 11 is 1.78. The number of carbonyl (C=O) groups excluding carboxylic acids is 1. The van der Waals surface area contributed by atoms with Crippen LogP contribution in [-0.2, 0) is 16.0 Å². The van der Waals surface area contributed by atoms with E-state index < -0.39 is 0 Å². The maximum atomic E-state index is 10.8. The molecule has 0 aliphatic rings. The van der Waals surface area contributed by atoms with Crippen LogP contribution in [0.3, 0.4) is 0 Å². The van der Waals surface area contributed by atoms with Crippen LogP contribution in [0.25, 0.3) is 0 Å². The molecule has 0 amide bonds. The van der Waals surface area contributed by atoms with Crippen molar-refractivity contribution >= 4 is 17.3 Å². The molecule has 0 spiro atoms. The van der Waals surface area contributed by atoms with E-state index in [1.54, 1.807) is 11.3 Å². The minimum absolute atomic E-state index is 0.130. The fourth-order valence-corrected chi connectivity index (χ4v) is 1.96. The lowest BCUT2D eigenvalue weighted by Gasteiger charge is -2.02. The first-order chi connectivity index (χ1) is 7.33. The number of carbonyl (C=O) groups is 1. The van der Waals surface area contributed by atoms with Crippen molar-refractivity contribution in [2.45, 2.75) is 19.3 Å². The maximum absolute atomic E-state index is 10.8. The monoisotopic (exact) mass is 227 g/mol. The van der Waals surface area contributed by atoms with Gasteiger partial charge in [0.15, 0.2) is 0 Å². The van der Waals surface area contributed by atoms with Crippen LogP contribution in [0.1, 0.15) is 17.7 Å². The molecule has 0 aliphatic carbocycles. The number of hydrogen-bond acceptors (Lipinski definition) is 4. The number of hydrogen-bond donors (Lipinski definition) is 1. The highest BCUT2D eigenvalue weighted by Gasteiger charge is 1.98. The van der Waals surface area contributed by atoms with Crippen molar-refractivity contribution in [3.8, 4) is 0 Å². The molecule has 1 aromatic heterocycles. The predicted molar refractivity (Wildman–Crippen MR) is 62.1 cm³/mol. The number of thiophene rings is 1. The molecule has 3 nitrogen and oxygen atoms in total. The van der Waals surface area contributed by atoms with E-state index in [2.05, 4.69) is 27.6 Å². The van der Waals surface area contributed by atoms with Gasteiger partial charge in [0, 0.05) is 11.3 Å². The number of ether oxygens (including phenoxy) is 1. The largest absolute Gasteiger partial charge is 0.469 e. The van der Waals surface area contributed by atoms with Gasteiger partial charge in [-0.15, -0.1) is 11.3 Å². The average Bonchev–Trinajstić information content (AvgIpc) is 2.75. The quantitative estimate of drug-likeness (QED) is 0.570. The highest BCUT2D eigenvalue weighted by molar-refractivity contribution is 7.09. The van der Waals surface area contributed by atoms with Crippen LogP contribution in [-0.4, -0.2) is 26.2 Å². The third kappa shape index (κ3) is 5.54. The van der Waals surface area contributed by atoms with Crippen LogP contribution >= 0.6 is 11.3 Å². The molecule has 1 N–H and O–H groups in total. The van der Waals surface area contributed by atoms with E-state index in [1.807, 2.05) is 0 Å². The van der Waals surface area contributed by atoms with Crippen LogP contribution in [0.4, 0.5) is 0 Å². The Labute approximate surface area is 94.5 Å². The summed E-state index contributed by atoms with van der Waals surface area (Å²) < 4.78 is 4.55. The molecule has 0 fully saturated rings. The molecule has 1 rings (SSSR count). The van der Waals surface area contributed by atoms with Gasteiger partial charge in [0.25, 0.3) is 0 Å². The van der Waals surface area contributed by atoms with E-state index in [-0.39, 0.29) is 5.97 Å². The molecular formula is C11H17NO2S. The SMILES string of the molecule is COC(=O)CCCNCCc1cccs1. The van der Waals surface area contributed by atoms with Gasteiger partial charge >= 0.3 is 5.97 Å². The first-order valence-electron chi connectivity index (χ1n) is 5.13. The number of esters is 1. The Morgan fingerprint density at radius 1 is 1.53 bits per heavy atom. The highest BCUT2D eigenvalue weighted by atomic mass is 32.1. The normalized spacial score (nSPS) is 10.2. The van der Waals surface area contributed by atoms with Gasteiger partial charge in [0.05, 0.1) is 7.11 Å². The van der Waals surface area contributed by atoms with Gasteiger partial charge in [0.1, 0.15) is 0 Å². The van der Waals surface area contributed by atoms with Gasteiger partial charge in [-0.25, -0.2) is 0 Å². The molecule has 0 atom stereocenters. The van der Waals surface area contributed by atoms with E-state index in [0.717, 1.165) is 25.9 Å². The van der Waals surface area contributed by atoms with Gasteiger partial charge in [-0.3, -0.25) is 4.79 Å². The third-order valence-electron chi connectivity index (χ3n) is 2.09. The van der Waals surface area contributed by atoms with Crippen LogP contribution < -0.4 is 5.32 Å². The lowest BCUT2D eigenvalue weighted by molar-refractivity contribution is -0.140. The number of nitrogens with one attached hydrogen (secondary N) is 1. The van der Waals surface area contributed by atoms with E-state index in [9.17, 15) is 4.79 Å². The summed E-state index contributed by atoms with van der Waals surface area (Å²) in [6, 6.07) is 4.21. The zero-order valence-electron chi connectivity index (χ0n) is 8.99. The fourth-order valence-electron chi connectivity index (χ4n) is 1.25. The molecule has 15 heavy (non-hydrogen) atoms. The van der Waals surface area contributed by atoms with Crippen molar-refractivity contribution in [3.05, 3.63) is 22.4 Å². The van der Waals surface area contributed by atoms with Gasteiger partial charge in [0.2, 0.25) is 0 Å². The third-order valence-corrected chi connectivity index (χ3v) is 3.03. The zero-order valence-corrected chi connectivity index (χ0v) is 9.81. The molecule has 0 bridgehead atoms. The van der Waals surface area contributed by atoms with Gasteiger partial charge in [-0.05, 0) is 37.4 Å². The Kier molecular flexibility index (Phi) is 6.04. The minimum atomic E-state index is -0.130. The van der Waals surface area contributed by atoms with Crippen molar-refractivity contribution < 1.29 is 9.53 Å². The lowest BCUT2D eigenvalue weighted by atomic mass is 10.3. The van der Waals surface area contributed by atoms with E-state index in [1.165, 1.54) is 12.0 Å². The summed E-state index contributed by atoms with van der Waals surface area (Å²) in [5, 5.41) is 5.39. The molecule has 0 radical (unpaired) electrons. The van der Waals surface area contributed by atoms with E-state index in [4.69, 9.17) is 0 Å². The van der Waals surface area contributed by atoms with Gasteiger partial charge in [-0.1, -0.05) is 6.07 Å². The molecule has 4 heteroatoms. The predicted octanol–water partition coefficient (Wildman–Crippen LogP) is 1.83. The Balaban J connectivity index is 1.91. The van der Waals surface area contributed by atoms with Gasteiger partial charge < -0.3 is 10.1 Å². The summed E-state index contributed by atoms with van der Waals surface area (Å²) in [5.41, 5.74) is 0. The molecule has 0 unspecified atom stereocenters. The van der Waals surface area contributed by atoms with Gasteiger partial charge in [-0.2, -0.15) is 0 Å². The standard InChI is InChI=1S/C11H17NO2S/c1-14-11(13)5-2-7-12-8-6-10-4-3-9-15-10/h3-4,9,12H,2,5-8H2,1H3. The Bertz CT molecular complexity index is 272. The minimum Gasteiger partial charge on any atom is -0.469 e. The van der Waals surface area contributed by atoms with E-state index >= 15 is 0 Å². The molecule has 0 saturated carbocycles. The second-order valence-corrected chi connectivity index (χ2v) is 4.29. The Morgan fingerprint density at radius 2 is 2.40 bits per heavy atom. The molecular weight excluding hydrogens is 210 g/mol. The van der Waals surface area contributed by atoms with Crippen LogP contribution in [0, 0.1) is 0 Å². The second-order valence-electron chi connectivity index (χ2n) is 3.26. The summed E-state index contributed by atoms with van der Waals surface area (Å²) in [7, 11) is 1.42. The molecule has 0 aromatic carbocycles. The molecule has 0 aliphatic heterocycles. The average molecular weight is 227 g/mol. The summed E-state index contributed by atoms with van der Waals surface area (Å²) in [6.45, 7) is 1.85. The van der Waals surface area contributed by atoms with Crippen molar-refractivity contribution in [3.63, 3.8) is 0 Å². The van der Waals surface area contributed by atoms with Crippen molar-refractivity contribution in [2.75, 3.05) is 20.2 Å². The maximum Gasteiger partial charge on any atom is 0.305 e. The Hall–Kier alpha value is -0.870. The number of rotatable bonds is 7. The lowest BCUT2D eigenvalue weighted by Crippen LogP contribution is -2.19. The number of methoxy groups -OCH3 is 1. The van der Waals surface area contributed by atoms with Crippen molar-refractivity contribution in [1.29, 1.82) is 0 Å². The highest BCUT2D eigenvalue weighted by Crippen LogP contribution is 2.07. The second kappa shape index (κ2) is 7.43. The first kappa shape index (κ1) is 12.2. The molecule has 1 aromatic rings. The Morgan fingerprint density at radius 3 is 3.07 bits per heavy atom. The molecule has 84 valence electrons. The summed E-state index contributed by atoms with van der Waals surface area (Å²) in [4.78, 5) is 12.2. The van der Waals surface area contributed by atoms with Crippen LogP contribution in [0.2, 0.25) is 0 Å². The van der Waals surface area contributed by atoms with Crippen molar-refractivity contribution in [2.24, 2.45) is 0 Å². The fraction of sp³-hybridized carbons (Fsp3) is 0.545. The van der Waals surface area contributed by atoms with Crippen LogP contribution in [0.15, 0.2) is 17.5 Å². The van der Waals surface area contributed by atoms with Crippen LogP contribution in [0.5, 0.6) is 0 Å². The topological polar surface area (TPSA) is 38.3 Å². The summed E-state index contributed by atoms with van der Waals surface area (Å²) in [6.07, 6.45) is 2.41. The smallest absolute Gasteiger partial charge is 0.305 e. The summed E-state index contributed by atoms with van der Waals surface area (Å²) in [5.74, 6) is -0.130.